The fourth-order valence-electron chi connectivity index (χ4n) is 1.18. The van der Waals surface area contributed by atoms with Gasteiger partial charge in [-0.15, -0.1) is 0 Å². The number of carbonyl (C=O) groups is 1. The summed E-state index contributed by atoms with van der Waals surface area (Å²) >= 11 is 3.07. The minimum absolute atomic E-state index is 0.0488. The van der Waals surface area contributed by atoms with Gasteiger partial charge in [0.1, 0.15) is 5.75 Å². The lowest BCUT2D eigenvalue weighted by Crippen LogP contribution is -2.01. The fraction of sp³-hybridized carbons (Fsp3) is 0.300. The van der Waals surface area contributed by atoms with Crippen LogP contribution in [0.1, 0.15) is 28.8 Å². The predicted molar refractivity (Wildman–Crippen MR) is 55.8 cm³/mol. The Morgan fingerprint density at radius 3 is 2.67 bits per heavy atom. The molecule has 82 valence electrons. The first kappa shape index (κ1) is 12.1. The molecule has 0 aliphatic carbocycles. The first-order valence-electron chi connectivity index (χ1n) is 4.27. The topological polar surface area (TPSA) is 37.3 Å². The first-order chi connectivity index (χ1) is 7.07. The van der Waals surface area contributed by atoms with E-state index < -0.39 is 17.7 Å². The minimum atomic E-state index is -2.78. The standard InChI is InChI=1S/C10H9BrF2O2/c11-5-4-8(14)6-2-1-3-7(9(6)15)10(12)13/h1-3,10,15H,4-5H2. The molecule has 0 amide bonds. The Hall–Kier alpha value is -0.970. The quantitative estimate of drug-likeness (QED) is 0.678. The van der Waals surface area contributed by atoms with Gasteiger partial charge in [0.05, 0.1) is 11.1 Å². The summed E-state index contributed by atoms with van der Waals surface area (Å²) < 4.78 is 24.8. The van der Waals surface area contributed by atoms with Crippen LogP contribution in [0.25, 0.3) is 0 Å². The zero-order valence-electron chi connectivity index (χ0n) is 7.71. The summed E-state index contributed by atoms with van der Waals surface area (Å²) in [5.41, 5.74) is -0.553. The highest BCUT2D eigenvalue weighted by Crippen LogP contribution is 2.31. The monoisotopic (exact) mass is 278 g/mol. The van der Waals surface area contributed by atoms with Crippen molar-refractivity contribution in [1.82, 2.24) is 0 Å². The molecule has 1 N–H and O–H groups in total. The molecule has 0 spiro atoms. The molecular weight excluding hydrogens is 270 g/mol. The third kappa shape index (κ3) is 2.75. The second-order valence-corrected chi connectivity index (χ2v) is 3.70. The van der Waals surface area contributed by atoms with Gasteiger partial charge >= 0.3 is 0 Å². The minimum Gasteiger partial charge on any atom is -0.507 e. The van der Waals surface area contributed by atoms with E-state index in [1.165, 1.54) is 12.1 Å². The number of rotatable bonds is 4. The summed E-state index contributed by atoms with van der Waals surface area (Å²) in [6.07, 6.45) is -2.61. The van der Waals surface area contributed by atoms with Gasteiger partial charge in [-0.3, -0.25) is 4.79 Å². The number of aromatic hydroxyl groups is 1. The Balaban J connectivity index is 3.09. The van der Waals surface area contributed by atoms with Crippen molar-refractivity contribution in [2.24, 2.45) is 0 Å². The summed E-state index contributed by atoms with van der Waals surface area (Å²) in [6, 6.07) is 3.78. The molecule has 1 rings (SSSR count). The molecule has 0 aromatic heterocycles. The number of benzene rings is 1. The maximum absolute atomic E-state index is 12.4. The van der Waals surface area contributed by atoms with Crippen molar-refractivity contribution in [2.75, 3.05) is 5.33 Å². The highest BCUT2D eigenvalue weighted by atomic mass is 79.9. The van der Waals surface area contributed by atoms with Crippen LogP contribution in [0.3, 0.4) is 0 Å². The lowest BCUT2D eigenvalue weighted by Gasteiger charge is -2.07. The molecule has 0 aliphatic heterocycles. The van der Waals surface area contributed by atoms with Gasteiger partial charge in [-0.1, -0.05) is 22.0 Å². The van der Waals surface area contributed by atoms with Gasteiger partial charge in [-0.25, -0.2) is 8.78 Å². The van der Waals surface area contributed by atoms with Crippen molar-refractivity contribution in [3.05, 3.63) is 29.3 Å². The van der Waals surface area contributed by atoms with Crippen LogP contribution in [0.2, 0.25) is 0 Å². The van der Waals surface area contributed by atoms with Gasteiger partial charge in [0.25, 0.3) is 6.43 Å². The second kappa shape index (κ2) is 5.21. The summed E-state index contributed by atoms with van der Waals surface area (Å²) in [7, 11) is 0. The zero-order valence-corrected chi connectivity index (χ0v) is 9.30. The molecule has 5 heteroatoms. The molecule has 0 radical (unpaired) electrons. The van der Waals surface area contributed by atoms with E-state index in [1.54, 1.807) is 0 Å². The lowest BCUT2D eigenvalue weighted by molar-refractivity contribution is 0.0986. The van der Waals surface area contributed by atoms with E-state index in [9.17, 15) is 18.7 Å². The number of phenols is 1. The molecule has 0 saturated carbocycles. The Morgan fingerprint density at radius 1 is 1.47 bits per heavy atom. The van der Waals surface area contributed by atoms with Gasteiger partial charge in [-0.05, 0) is 12.1 Å². The maximum Gasteiger partial charge on any atom is 0.267 e. The number of hydrogen-bond donors (Lipinski definition) is 1. The summed E-state index contributed by atoms with van der Waals surface area (Å²) in [5, 5.41) is 9.87. The number of alkyl halides is 3. The van der Waals surface area contributed by atoms with Crippen molar-refractivity contribution in [2.45, 2.75) is 12.8 Å². The van der Waals surface area contributed by atoms with E-state index in [-0.39, 0.29) is 17.8 Å². The molecule has 1 aromatic rings. The number of phenolic OH excluding ortho intramolecular Hbond substituents is 1. The van der Waals surface area contributed by atoms with Gasteiger partial charge in [0.15, 0.2) is 5.78 Å². The van der Waals surface area contributed by atoms with Crippen LogP contribution in [-0.4, -0.2) is 16.2 Å². The molecule has 0 heterocycles. The molecule has 15 heavy (non-hydrogen) atoms. The summed E-state index contributed by atoms with van der Waals surface area (Å²) in [4.78, 5) is 11.4. The maximum atomic E-state index is 12.4. The third-order valence-electron chi connectivity index (χ3n) is 1.92. The van der Waals surface area contributed by atoms with Crippen molar-refractivity contribution >= 4 is 21.7 Å². The largest absolute Gasteiger partial charge is 0.507 e. The molecule has 1 aromatic carbocycles. The van der Waals surface area contributed by atoms with Crippen LogP contribution in [0, 0.1) is 0 Å². The van der Waals surface area contributed by atoms with Gasteiger partial charge < -0.3 is 5.11 Å². The van der Waals surface area contributed by atoms with E-state index in [0.29, 0.717) is 5.33 Å². The SMILES string of the molecule is O=C(CCBr)c1cccc(C(F)F)c1O. The van der Waals surface area contributed by atoms with Crippen molar-refractivity contribution in [3.8, 4) is 5.75 Å². The van der Waals surface area contributed by atoms with Crippen molar-refractivity contribution in [3.63, 3.8) is 0 Å². The zero-order chi connectivity index (χ0) is 11.4. The van der Waals surface area contributed by atoms with Crippen LogP contribution in [0.5, 0.6) is 5.75 Å². The average Bonchev–Trinajstić information content (AvgIpc) is 2.17. The van der Waals surface area contributed by atoms with Crippen LogP contribution >= 0.6 is 15.9 Å². The van der Waals surface area contributed by atoms with E-state index in [2.05, 4.69) is 15.9 Å². The van der Waals surface area contributed by atoms with Crippen LogP contribution in [0.15, 0.2) is 18.2 Å². The van der Waals surface area contributed by atoms with E-state index in [1.807, 2.05) is 0 Å². The van der Waals surface area contributed by atoms with Crippen LogP contribution < -0.4 is 0 Å². The predicted octanol–water partition coefficient (Wildman–Crippen LogP) is 3.30. The number of ketones is 1. The molecule has 0 fully saturated rings. The van der Waals surface area contributed by atoms with Crippen molar-refractivity contribution < 1.29 is 18.7 Å². The molecular formula is C10H9BrF2O2. The highest BCUT2D eigenvalue weighted by Gasteiger charge is 2.18. The van der Waals surface area contributed by atoms with Crippen LogP contribution in [0.4, 0.5) is 8.78 Å². The van der Waals surface area contributed by atoms with Crippen LogP contribution in [-0.2, 0) is 0 Å². The Labute approximate surface area is 94.0 Å². The smallest absolute Gasteiger partial charge is 0.267 e. The second-order valence-electron chi connectivity index (χ2n) is 2.91. The third-order valence-corrected chi connectivity index (χ3v) is 2.32. The Morgan fingerprint density at radius 2 is 2.13 bits per heavy atom. The molecule has 2 nitrogen and oxygen atoms in total. The van der Waals surface area contributed by atoms with E-state index in [4.69, 9.17) is 0 Å². The number of carbonyl (C=O) groups excluding carboxylic acids is 1. The highest BCUT2D eigenvalue weighted by molar-refractivity contribution is 9.09. The average molecular weight is 279 g/mol. The van der Waals surface area contributed by atoms with E-state index >= 15 is 0 Å². The number of Topliss-reactive ketones (excluding diaryl/α,β-unsaturated/α-hetero) is 1. The normalized spacial score (nSPS) is 10.7. The summed E-state index contributed by atoms with van der Waals surface area (Å²) in [6.45, 7) is 0. The molecule has 0 saturated heterocycles. The number of halogens is 3. The van der Waals surface area contributed by atoms with Crippen molar-refractivity contribution in [1.29, 1.82) is 0 Å². The number of hydrogen-bond acceptors (Lipinski definition) is 2. The first-order valence-corrected chi connectivity index (χ1v) is 5.39. The molecule has 0 aliphatic rings. The van der Waals surface area contributed by atoms with Gasteiger partial charge in [0, 0.05) is 11.8 Å². The lowest BCUT2D eigenvalue weighted by atomic mass is 10.0. The van der Waals surface area contributed by atoms with Gasteiger partial charge in [-0.2, -0.15) is 0 Å². The number of para-hydroxylation sites is 1. The Bertz CT molecular complexity index is 366. The summed E-state index contributed by atoms with van der Waals surface area (Å²) in [5.74, 6) is -0.967. The fourth-order valence-corrected chi connectivity index (χ4v) is 1.54. The Kier molecular flexibility index (Phi) is 4.20. The molecule has 0 bridgehead atoms. The van der Waals surface area contributed by atoms with E-state index in [0.717, 1.165) is 6.07 Å². The molecule has 0 unspecified atom stereocenters. The van der Waals surface area contributed by atoms with Gasteiger partial charge in [0.2, 0.25) is 0 Å². The molecule has 0 atom stereocenters.